The summed E-state index contributed by atoms with van der Waals surface area (Å²) in [6.07, 6.45) is 6.24. The average molecular weight is 139 g/mol. The molecule has 0 fully saturated rings. The van der Waals surface area contributed by atoms with Gasteiger partial charge in [0.1, 0.15) is 0 Å². The third-order valence-corrected chi connectivity index (χ3v) is 0.924. The molecule has 0 aliphatic rings. The first kappa shape index (κ1) is 8.95. The summed E-state index contributed by atoms with van der Waals surface area (Å²) in [5, 5.41) is 0. The number of allylic oxidation sites excluding steroid dienone is 1. The fraction of sp³-hybridized carbons (Fsp3) is 0.375. The van der Waals surface area contributed by atoms with Gasteiger partial charge in [0.05, 0.1) is 7.11 Å². The molecule has 0 unspecified atom stereocenters. The summed E-state index contributed by atoms with van der Waals surface area (Å²) in [5.74, 6) is 0.594. The standard InChI is InChI=1S/C8H13NO/c1-4-6-7-8(10-3)9-5-2/h5-7H,2,4H2,1,3H3/b7-6-,9-8?. The zero-order valence-corrected chi connectivity index (χ0v) is 6.50. The van der Waals surface area contributed by atoms with E-state index < -0.39 is 0 Å². The van der Waals surface area contributed by atoms with Gasteiger partial charge in [0.15, 0.2) is 0 Å². The third-order valence-electron chi connectivity index (χ3n) is 0.924. The minimum absolute atomic E-state index is 0.594. The van der Waals surface area contributed by atoms with Gasteiger partial charge in [-0.25, -0.2) is 4.99 Å². The molecule has 0 amide bonds. The quantitative estimate of drug-likeness (QED) is 0.433. The number of hydrogen-bond donors (Lipinski definition) is 0. The molecule has 0 bridgehead atoms. The van der Waals surface area contributed by atoms with Crippen LogP contribution in [0.5, 0.6) is 0 Å². The van der Waals surface area contributed by atoms with Crippen LogP contribution in [0, 0.1) is 0 Å². The molecule has 56 valence electrons. The van der Waals surface area contributed by atoms with E-state index in [4.69, 9.17) is 4.74 Å². The van der Waals surface area contributed by atoms with E-state index >= 15 is 0 Å². The Balaban J connectivity index is 3.94. The van der Waals surface area contributed by atoms with E-state index in [1.807, 2.05) is 12.2 Å². The number of hydrogen-bond acceptors (Lipinski definition) is 2. The van der Waals surface area contributed by atoms with E-state index in [1.54, 1.807) is 7.11 Å². The Morgan fingerprint density at radius 3 is 2.80 bits per heavy atom. The van der Waals surface area contributed by atoms with Gasteiger partial charge in [-0.3, -0.25) is 0 Å². The van der Waals surface area contributed by atoms with Gasteiger partial charge in [-0.1, -0.05) is 19.6 Å². The number of ether oxygens (including phenoxy) is 1. The lowest BCUT2D eigenvalue weighted by Gasteiger charge is -1.94. The zero-order valence-electron chi connectivity index (χ0n) is 6.50. The summed E-state index contributed by atoms with van der Waals surface area (Å²) < 4.78 is 4.88. The smallest absolute Gasteiger partial charge is 0.212 e. The zero-order chi connectivity index (χ0) is 7.82. The van der Waals surface area contributed by atoms with Crippen LogP contribution in [0.25, 0.3) is 0 Å². The van der Waals surface area contributed by atoms with Crippen molar-refractivity contribution in [1.29, 1.82) is 0 Å². The lowest BCUT2D eigenvalue weighted by atomic mass is 10.4. The van der Waals surface area contributed by atoms with Crippen LogP contribution in [0.4, 0.5) is 0 Å². The van der Waals surface area contributed by atoms with Crippen molar-refractivity contribution in [3.8, 4) is 0 Å². The Morgan fingerprint density at radius 1 is 1.70 bits per heavy atom. The van der Waals surface area contributed by atoms with Crippen LogP contribution in [-0.2, 0) is 4.74 Å². The molecule has 0 atom stereocenters. The van der Waals surface area contributed by atoms with E-state index in [2.05, 4.69) is 18.5 Å². The average Bonchev–Trinajstić information content (AvgIpc) is 1.98. The van der Waals surface area contributed by atoms with Crippen molar-refractivity contribution >= 4 is 5.90 Å². The molecule has 0 aromatic heterocycles. The van der Waals surface area contributed by atoms with Crippen molar-refractivity contribution in [2.75, 3.05) is 7.11 Å². The van der Waals surface area contributed by atoms with Crippen LogP contribution < -0.4 is 0 Å². The van der Waals surface area contributed by atoms with Gasteiger partial charge in [-0.2, -0.15) is 0 Å². The van der Waals surface area contributed by atoms with Crippen LogP contribution in [0.1, 0.15) is 13.3 Å². The monoisotopic (exact) mass is 139 g/mol. The number of nitrogens with zero attached hydrogens (tertiary/aromatic N) is 1. The Hall–Kier alpha value is -1.05. The van der Waals surface area contributed by atoms with Crippen LogP contribution in [0.3, 0.4) is 0 Å². The molecule has 10 heavy (non-hydrogen) atoms. The molecule has 0 heterocycles. The predicted octanol–water partition coefficient (Wildman–Crippen LogP) is 2.14. The van der Waals surface area contributed by atoms with Gasteiger partial charge in [0.25, 0.3) is 0 Å². The van der Waals surface area contributed by atoms with Crippen molar-refractivity contribution in [1.82, 2.24) is 0 Å². The molecular formula is C8H13NO. The lowest BCUT2D eigenvalue weighted by Crippen LogP contribution is -1.94. The molecule has 0 saturated carbocycles. The molecule has 2 nitrogen and oxygen atoms in total. The summed E-state index contributed by atoms with van der Waals surface area (Å²) in [4.78, 5) is 3.85. The SMILES string of the molecule is C=CN=C(/C=C\CC)OC. The van der Waals surface area contributed by atoms with Crippen molar-refractivity contribution in [3.05, 3.63) is 24.9 Å². The largest absolute Gasteiger partial charge is 0.481 e. The van der Waals surface area contributed by atoms with Crippen LogP contribution >= 0.6 is 0 Å². The van der Waals surface area contributed by atoms with Gasteiger partial charge in [-0.05, 0) is 12.5 Å². The van der Waals surface area contributed by atoms with Crippen molar-refractivity contribution in [2.45, 2.75) is 13.3 Å². The summed E-state index contributed by atoms with van der Waals surface area (Å²) in [5.41, 5.74) is 0. The molecule has 0 aliphatic carbocycles. The molecule has 0 N–H and O–H groups in total. The maximum Gasteiger partial charge on any atom is 0.212 e. The van der Waals surface area contributed by atoms with Gasteiger partial charge in [0.2, 0.25) is 5.90 Å². The van der Waals surface area contributed by atoms with Crippen LogP contribution in [0.2, 0.25) is 0 Å². The Labute approximate surface area is 61.9 Å². The second-order valence-corrected chi connectivity index (χ2v) is 1.66. The summed E-state index contributed by atoms with van der Waals surface area (Å²) in [6, 6.07) is 0. The van der Waals surface area contributed by atoms with Crippen molar-refractivity contribution in [2.24, 2.45) is 4.99 Å². The second kappa shape index (κ2) is 6.08. The number of aliphatic imine (C=N–C) groups is 1. The molecule has 0 saturated heterocycles. The summed E-state index contributed by atoms with van der Waals surface area (Å²) >= 11 is 0. The van der Waals surface area contributed by atoms with E-state index in [-0.39, 0.29) is 0 Å². The molecular weight excluding hydrogens is 126 g/mol. The fourth-order valence-electron chi connectivity index (χ4n) is 0.472. The molecule has 0 rings (SSSR count). The van der Waals surface area contributed by atoms with Crippen molar-refractivity contribution in [3.63, 3.8) is 0 Å². The first-order valence-electron chi connectivity index (χ1n) is 3.24. The highest BCUT2D eigenvalue weighted by molar-refractivity contribution is 5.87. The van der Waals surface area contributed by atoms with Gasteiger partial charge < -0.3 is 4.74 Å². The molecule has 0 spiro atoms. The maximum absolute atomic E-state index is 4.88. The van der Waals surface area contributed by atoms with Gasteiger partial charge in [-0.15, -0.1) is 0 Å². The number of rotatable bonds is 3. The highest BCUT2D eigenvalue weighted by atomic mass is 16.5. The normalized spacial score (nSPS) is 12.0. The van der Waals surface area contributed by atoms with E-state index in [0.29, 0.717) is 5.90 Å². The van der Waals surface area contributed by atoms with Crippen LogP contribution in [-0.4, -0.2) is 13.0 Å². The molecule has 0 aliphatic heterocycles. The Kier molecular flexibility index (Phi) is 5.44. The first-order chi connectivity index (χ1) is 4.85. The topological polar surface area (TPSA) is 21.6 Å². The van der Waals surface area contributed by atoms with Crippen LogP contribution in [0.15, 0.2) is 29.9 Å². The molecule has 0 aromatic rings. The second-order valence-electron chi connectivity index (χ2n) is 1.66. The maximum atomic E-state index is 4.88. The summed E-state index contributed by atoms with van der Waals surface area (Å²) in [7, 11) is 1.59. The lowest BCUT2D eigenvalue weighted by molar-refractivity contribution is 0.407. The Bertz CT molecular complexity index is 147. The minimum atomic E-state index is 0.594. The van der Waals surface area contributed by atoms with Crippen molar-refractivity contribution < 1.29 is 4.74 Å². The number of methoxy groups -OCH3 is 1. The third kappa shape index (κ3) is 3.89. The predicted molar refractivity (Wildman–Crippen MR) is 44.1 cm³/mol. The molecule has 0 radical (unpaired) electrons. The molecule has 0 aromatic carbocycles. The molecule has 2 heteroatoms. The van der Waals surface area contributed by atoms with E-state index in [1.165, 1.54) is 6.20 Å². The first-order valence-corrected chi connectivity index (χ1v) is 3.24. The Morgan fingerprint density at radius 2 is 2.40 bits per heavy atom. The highest BCUT2D eigenvalue weighted by Gasteiger charge is 1.84. The van der Waals surface area contributed by atoms with Gasteiger partial charge >= 0.3 is 0 Å². The fourth-order valence-corrected chi connectivity index (χ4v) is 0.472. The van der Waals surface area contributed by atoms with Gasteiger partial charge in [0, 0.05) is 6.20 Å². The summed E-state index contributed by atoms with van der Waals surface area (Å²) in [6.45, 7) is 5.51. The highest BCUT2D eigenvalue weighted by Crippen LogP contribution is 1.86. The van der Waals surface area contributed by atoms with E-state index in [0.717, 1.165) is 6.42 Å². The van der Waals surface area contributed by atoms with E-state index in [9.17, 15) is 0 Å². The minimum Gasteiger partial charge on any atom is -0.481 e.